The van der Waals surface area contributed by atoms with Crippen molar-refractivity contribution in [2.75, 3.05) is 0 Å². The number of hydrogen-bond donors (Lipinski definition) is 1. The van der Waals surface area contributed by atoms with Gasteiger partial charge in [0.05, 0.1) is 5.56 Å². The normalized spacial score (nSPS) is 9.62. The van der Waals surface area contributed by atoms with Crippen molar-refractivity contribution < 1.29 is 5.11 Å². The van der Waals surface area contributed by atoms with E-state index in [4.69, 9.17) is 5.26 Å². The lowest BCUT2D eigenvalue weighted by atomic mass is 9.96. The van der Waals surface area contributed by atoms with E-state index in [1.807, 2.05) is 13.0 Å². The van der Waals surface area contributed by atoms with Crippen LogP contribution in [0.25, 0.3) is 0 Å². The summed E-state index contributed by atoms with van der Waals surface area (Å²) < 4.78 is 0. The molecule has 1 aromatic rings. The van der Waals surface area contributed by atoms with E-state index in [9.17, 15) is 5.11 Å². The van der Waals surface area contributed by atoms with Gasteiger partial charge in [0.15, 0.2) is 0 Å². The molecular formula is C11H10NO. The molecule has 2 nitrogen and oxygen atoms in total. The molecule has 13 heavy (non-hydrogen) atoms. The molecule has 1 N–H and O–H groups in total. The quantitative estimate of drug-likeness (QED) is 0.744. The van der Waals surface area contributed by atoms with Gasteiger partial charge in [-0.1, -0.05) is 25.1 Å². The topological polar surface area (TPSA) is 44.0 Å². The zero-order chi connectivity index (χ0) is 9.84. The highest BCUT2D eigenvalue weighted by atomic mass is 16.3. The van der Waals surface area contributed by atoms with Gasteiger partial charge in [-0.2, -0.15) is 5.26 Å². The number of aromatic hydroxyl groups is 1. The van der Waals surface area contributed by atoms with Crippen molar-refractivity contribution >= 4 is 0 Å². The van der Waals surface area contributed by atoms with Gasteiger partial charge < -0.3 is 5.11 Å². The maximum Gasteiger partial charge on any atom is 0.133 e. The van der Waals surface area contributed by atoms with Gasteiger partial charge in [-0.25, -0.2) is 0 Å². The first kappa shape index (κ1) is 9.34. The van der Waals surface area contributed by atoms with Gasteiger partial charge in [-0.05, 0) is 11.6 Å². The highest BCUT2D eigenvalue weighted by Crippen LogP contribution is 2.25. The van der Waals surface area contributed by atoms with Crippen molar-refractivity contribution in [1.29, 1.82) is 5.26 Å². The molecule has 0 atom stereocenters. The number of phenolic OH excluding ortho intramolecular Hbond substituents is 1. The summed E-state index contributed by atoms with van der Waals surface area (Å²) in [5.41, 5.74) is 1.04. The second-order valence-corrected chi connectivity index (χ2v) is 2.70. The Morgan fingerprint density at radius 3 is 2.85 bits per heavy atom. The second kappa shape index (κ2) is 3.77. The van der Waals surface area contributed by atoms with Crippen LogP contribution in [0.2, 0.25) is 0 Å². The van der Waals surface area contributed by atoms with Gasteiger partial charge in [-0.15, -0.1) is 6.58 Å². The molecule has 0 amide bonds. The van der Waals surface area contributed by atoms with Gasteiger partial charge in [-0.3, -0.25) is 0 Å². The lowest BCUT2D eigenvalue weighted by molar-refractivity contribution is 0.473. The van der Waals surface area contributed by atoms with E-state index in [0.29, 0.717) is 5.56 Å². The summed E-state index contributed by atoms with van der Waals surface area (Å²) in [6.07, 6.45) is 1.66. The number of phenols is 1. The highest BCUT2D eigenvalue weighted by Gasteiger charge is 2.10. The number of nitriles is 1. The van der Waals surface area contributed by atoms with E-state index in [1.165, 1.54) is 6.07 Å². The fraction of sp³-hybridized carbons (Fsp3) is 0.0909. The van der Waals surface area contributed by atoms with E-state index >= 15 is 0 Å². The van der Waals surface area contributed by atoms with Crippen molar-refractivity contribution in [2.24, 2.45) is 0 Å². The van der Waals surface area contributed by atoms with E-state index in [0.717, 1.165) is 11.5 Å². The largest absolute Gasteiger partial charge is 0.507 e. The maximum atomic E-state index is 9.37. The van der Waals surface area contributed by atoms with E-state index < -0.39 is 0 Å². The summed E-state index contributed by atoms with van der Waals surface area (Å²) in [6.45, 7) is 5.46. The van der Waals surface area contributed by atoms with Crippen LogP contribution in [0.4, 0.5) is 0 Å². The minimum Gasteiger partial charge on any atom is -0.507 e. The molecule has 0 heterocycles. The zero-order valence-electron chi connectivity index (χ0n) is 7.41. The van der Waals surface area contributed by atoms with Crippen molar-refractivity contribution in [1.82, 2.24) is 0 Å². The third-order valence-corrected chi connectivity index (χ3v) is 1.89. The SMILES string of the molecule is C=C[C](C)c1cccc(O)c1C#N. The van der Waals surface area contributed by atoms with Crippen molar-refractivity contribution in [2.45, 2.75) is 6.92 Å². The third kappa shape index (κ3) is 1.70. The Labute approximate surface area is 77.8 Å². The first-order valence-electron chi connectivity index (χ1n) is 3.89. The molecule has 0 aliphatic rings. The van der Waals surface area contributed by atoms with E-state index in [2.05, 4.69) is 6.58 Å². The molecule has 0 spiro atoms. The Morgan fingerprint density at radius 2 is 2.31 bits per heavy atom. The van der Waals surface area contributed by atoms with Crippen molar-refractivity contribution in [3.05, 3.63) is 47.9 Å². The molecular weight excluding hydrogens is 162 g/mol. The molecule has 0 saturated carbocycles. The molecule has 0 bridgehead atoms. The first-order valence-corrected chi connectivity index (χ1v) is 3.89. The van der Waals surface area contributed by atoms with Crippen molar-refractivity contribution in [3.8, 4) is 11.8 Å². The Morgan fingerprint density at radius 1 is 1.62 bits per heavy atom. The zero-order valence-corrected chi connectivity index (χ0v) is 7.41. The van der Waals surface area contributed by atoms with E-state index in [1.54, 1.807) is 18.2 Å². The number of benzene rings is 1. The van der Waals surface area contributed by atoms with Gasteiger partial charge in [0.25, 0.3) is 0 Å². The molecule has 2 heteroatoms. The number of rotatable bonds is 2. The van der Waals surface area contributed by atoms with Crippen LogP contribution in [-0.4, -0.2) is 5.11 Å². The van der Waals surface area contributed by atoms with Crippen LogP contribution in [0, 0.1) is 17.2 Å². The maximum absolute atomic E-state index is 9.37. The third-order valence-electron chi connectivity index (χ3n) is 1.89. The van der Waals surface area contributed by atoms with Gasteiger partial charge >= 0.3 is 0 Å². The summed E-state index contributed by atoms with van der Waals surface area (Å²) in [5.74, 6) is 0.897. The van der Waals surface area contributed by atoms with Gasteiger partial charge in [0.1, 0.15) is 11.8 Å². The first-order chi connectivity index (χ1) is 6.20. The lowest BCUT2D eigenvalue weighted by Crippen LogP contribution is -1.94. The van der Waals surface area contributed by atoms with Crippen LogP contribution in [0.3, 0.4) is 0 Å². The minimum absolute atomic E-state index is 0.0150. The van der Waals surface area contributed by atoms with Crippen molar-refractivity contribution in [3.63, 3.8) is 0 Å². The summed E-state index contributed by atoms with van der Waals surface area (Å²) in [7, 11) is 0. The fourth-order valence-electron chi connectivity index (χ4n) is 1.10. The lowest BCUT2D eigenvalue weighted by Gasteiger charge is -2.08. The molecule has 0 unspecified atom stereocenters. The summed E-state index contributed by atoms with van der Waals surface area (Å²) in [6, 6.07) is 6.95. The van der Waals surface area contributed by atoms with Gasteiger partial charge in [0, 0.05) is 5.92 Å². The summed E-state index contributed by atoms with van der Waals surface area (Å²) >= 11 is 0. The van der Waals surface area contributed by atoms with Crippen LogP contribution < -0.4 is 0 Å². The Kier molecular flexibility index (Phi) is 2.71. The molecule has 1 rings (SSSR count). The molecule has 1 radical (unpaired) electrons. The van der Waals surface area contributed by atoms with Gasteiger partial charge in [0.2, 0.25) is 0 Å². The molecule has 0 saturated heterocycles. The molecule has 65 valence electrons. The molecule has 0 aliphatic carbocycles. The van der Waals surface area contributed by atoms with Crippen LogP contribution in [0.15, 0.2) is 30.9 Å². The second-order valence-electron chi connectivity index (χ2n) is 2.70. The molecule has 0 fully saturated rings. The van der Waals surface area contributed by atoms with Crippen LogP contribution in [0.1, 0.15) is 18.1 Å². The number of hydrogen-bond acceptors (Lipinski definition) is 2. The van der Waals surface area contributed by atoms with Crippen LogP contribution >= 0.6 is 0 Å². The average Bonchev–Trinajstić information content (AvgIpc) is 2.16. The standard InChI is InChI=1S/C11H10NO/c1-3-8(2)9-5-4-6-11(13)10(9)7-12/h3-6,13H,1H2,2H3. The molecule has 1 aromatic carbocycles. The van der Waals surface area contributed by atoms with Crippen LogP contribution in [-0.2, 0) is 0 Å². The summed E-state index contributed by atoms with van der Waals surface area (Å²) in [5, 5.41) is 18.2. The molecule has 0 aromatic heterocycles. The fourth-order valence-corrected chi connectivity index (χ4v) is 1.10. The smallest absolute Gasteiger partial charge is 0.133 e. The molecule has 0 aliphatic heterocycles. The van der Waals surface area contributed by atoms with E-state index in [-0.39, 0.29) is 5.75 Å². The Balaban J connectivity index is 3.29. The monoisotopic (exact) mass is 172 g/mol. The highest BCUT2D eigenvalue weighted by molar-refractivity contribution is 5.54. The minimum atomic E-state index is 0.0150. The Bertz CT molecular complexity index is 363. The van der Waals surface area contributed by atoms with Crippen LogP contribution in [0.5, 0.6) is 5.75 Å². The number of allylic oxidation sites excluding steroid dienone is 1. The predicted molar refractivity (Wildman–Crippen MR) is 51.0 cm³/mol. The summed E-state index contributed by atoms with van der Waals surface area (Å²) in [4.78, 5) is 0. The average molecular weight is 172 g/mol. The number of nitrogens with zero attached hydrogens (tertiary/aromatic N) is 1. The predicted octanol–water partition coefficient (Wildman–Crippen LogP) is 2.39. The Hall–Kier alpha value is -1.75.